The van der Waals surface area contributed by atoms with E-state index < -0.39 is 0 Å². The van der Waals surface area contributed by atoms with Crippen molar-refractivity contribution in [2.45, 2.75) is 12.3 Å². The number of aryl methyl sites for hydroxylation is 1. The number of amides is 1. The molecule has 5 rings (SSSR count). The lowest BCUT2D eigenvalue weighted by molar-refractivity contribution is -0.114. The zero-order chi connectivity index (χ0) is 23.8. The smallest absolute Gasteiger partial charge is 0.266 e. The average Bonchev–Trinajstić information content (AvgIpc) is 3.42. The predicted octanol–water partition coefficient (Wildman–Crippen LogP) is 9.03. The number of hydrogen-bond donors (Lipinski definition) is 0. The molecule has 2 heterocycles. The summed E-state index contributed by atoms with van der Waals surface area (Å²) in [5, 5.41) is 1.37. The molecule has 1 amide bonds. The summed E-state index contributed by atoms with van der Waals surface area (Å²) >= 11 is 19.8. The van der Waals surface area contributed by atoms with Crippen molar-refractivity contribution in [1.29, 1.82) is 0 Å². The van der Waals surface area contributed by atoms with Gasteiger partial charge in [-0.2, -0.15) is 0 Å². The summed E-state index contributed by atoms with van der Waals surface area (Å²) in [6, 6.07) is 24.5. The first-order valence-corrected chi connectivity index (χ1v) is 12.5. The molecule has 0 radical (unpaired) electrons. The molecule has 0 saturated carbocycles. The Morgan fingerprint density at radius 3 is 2.32 bits per heavy atom. The third-order valence-electron chi connectivity index (χ3n) is 5.47. The number of benzene rings is 3. The summed E-state index contributed by atoms with van der Waals surface area (Å²) in [5.41, 5.74) is 3.77. The number of carbonyl (C=O) groups excluding carboxylic acids is 1. The van der Waals surface area contributed by atoms with Crippen molar-refractivity contribution in [2.75, 3.05) is 4.90 Å². The van der Waals surface area contributed by atoms with Gasteiger partial charge in [0.1, 0.15) is 16.9 Å². The highest BCUT2D eigenvalue weighted by molar-refractivity contribution is 8.05. The highest BCUT2D eigenvalue weighted by atomic mass is 35.5. The van der Waals surface area contributed by atoms with Crippen LogP contribution >= 0.6 is 46.6 Å². The molecule has 1 fully saturated rings. The van der Waals surface area contributed by atoms with Crippen LogP contribution in [0.2, 0.25) is 15.1 Å². The van der Waals surface area contributed by atoms with Crippen LogP contribution in [0.25, 0.3) is 17.4 Å². The summed E-state index contributed by atoms with van der Waals surface area (Å²) in [4.78, 5) is 15.9. The molecular formula is C27H18Cl3NO2S. The highest BCUT2D eigenvalue weighted by Crippen LogP contribution is 2.48. The Kier molecular flexibility index (Phi) is 6.50. The van der Waals surface area contributed by atoms with E-state index >= 15 is 0 Å². The van der Waals surface area contributed by atoms with Gasteiger partial charge in [-0.25, -0.2) is 0 Å². The van der Waals surface area contributed by atoms with E-state index in [2.05, 4.69) is 0 Å². The summed E-state index contributed by atoms with van der Waals surface area (Å²) in [7, 11) is 0. The number of furan rings is 1. The number of carbonyl (C=O) groups is 1. The van der Waals surface area contributed by atoms with Crippen LogP contribution in [0.1, 0.15) is 22.3 Å². The Balaban J connectivity index is 1.50. The lowest BCUT2D eigenvalue weighted by Crippen LogP contribution is -2.27. The molecule has 1 aliphatic heterocycles. The molecule has 1 aliphatic rings. The monoisotopic (exact) mass is 525 g/mol. The predicted molar refractivity (Wildman–Crippen MR) is 143 cm³/mol. The standard InChI is InChI=1S/C27H18Cl3NO2S/c1-16-2-9-20(10-3-16)31-26(32)25(34-27(31)17-4-7-19(28)8-5-17)15-21-11-13-24(33-21)18-6-12-22(29)23(30)14-18/h2-15,27H,1H3/b25-15+. The maximum absolute atomic E-state index is 13.5. The molecule has 3 aromatic carbocycles. The molecule has 0 aliphatic carbocycles. The molecule has 3 nitrogen and oxygen atoms in total. The van der Waals surface area contributed by atoms with E-state index in [-0.39, 0.29) is 11.3 Å². The minimum atomic E-state index is -0.219. The Labute approximate surface area is 216 Å². The lowest BCUT2D eigenvalue weighted by atomic mass is 10.1. The van der Waals surface area contributed by atoms with E-state index in [0.29, 0.717) is 31.5 Å². The molecule has 0 N–H and O–H groups in total. The number of rotatable bonds is 4. The molecule has 1 atom stereocenters. The maximum Gasteiger partial charge on any atom is 0.266 e. The fourth-order valence-electron chi connectivity index (χ4n) is 3.71. The number of anilines is 1. The normalized spacial score (nSPS) is 17.1. The fraction of sp³-hybridized carbons (Fsp3) is 0.0741. The second-order valence-electron chi connectivity index (χ2n) is 7.87. The Morgan fingerprint density at radius 1 is 0.882 bits per heavy atom. The van der Waals surface area contributed by atoms with Crippen molar-refractivity contribution < 1.29 is 9.21 Å². The van der Waals surface area contributed by atoms with Gasteiger partial charge in [-0.1, -0.05) is 76.4 Å². The van der Waals surface area contributed by atoms with Crippen molar-refractivity contribution in [3.8, 4) is 11.3 Å². The Bertz CT molecular complexity index is 1390. The summed E-state index contributed by atoms with van der Waals surface area (Å²) in [6.07, 6.45) is 1.78. The van der Waals surface area contributed by atoms with E-state index in [1.54, 1.807) is 18.2 Å². The Hall–Kier alpha value is -2.63. The van der Waals surface area contributed by atoms with E-state index in [1.165, 1.54) is 11.8 Å². The van der Waals surface area contributed by atoms with Crippen LogP contribution in [0.5, 0.6) is 0 Å². The van der Waals surface area contributed by atoms with Crippen LogP contribution in [-0.2, 0) is 4.79 Å². The van der Waals surface area contributed by atoms with Crippen molar-refractivity contribution >= 4 is 64.2 Å². The number of thioether (sulfide) groups is 1. The largest absolute Gasteiger partial charge is 0.457 e. The number of hydrogen-bond acceptors (Lipinski definition) is 3. The van der Waals surface area contributed by atoms with E-state index in [9.17, 15) is 4.79 Å². The topological polar surface area (TPSA) is 33.5 Å². The van der Waals surface area contributed by atoms with Gasteiger partial charge in [0.2, 0.25) is 0 Å². The minimum Gasteiger partial charge on any atom is -0.457 e. The molecule has 0 bridgehead atoms. The van der Waals surface area contributed by atoms with Crippen LogP contribution in [-0.4, -0.2) is 5.91 Å². The van der Waals surface area contributed by atoms with E-state index in [4.69, 9.17) is 39.2 Å². The van der Waals surface area contributed by atoms with Gasteiger partial charge in [0, 0.05) is 22.3 Å². The minimum absolute atomic E-state index is 0.0821. The first-order valence-electron chi connectivity index (χ1n) is 10.5. The third-order valence-corrected chi connectivity index (χ3v) is 7.72. The molecule has 0 spiro atoms. The molecule has 1 unspecified atom stereocenters. The van der Waals surface area contributed by atoms with Gasteiger partial charge in [-0.05, 0) is 67.1 Å². The fourth-order valence-corrected chi connectivity index (χ4v) is 5.38. The second-order valence-corrected chi connectivity index (χ2v) is 10.2. The van der Waals surface area contributed by atoms with E-state index in [0.717, 1.165) is 22.4 Å². The van der Waals surface area contributed by atoms with Crippen molar-refractivity contribution in [3.05, 3.63) is 116 Å². The lowest BCUT2D eigenvalue weighted by Gasteiger charge is -2.24. The third kappa shape index (κ3) is 4.64. The highest BCUT2D eigenvalue weighted by Gasteiger charge is 2.38. The number of halogens is 3. The second kappa shape index (κ2) is 9.55. The summed E-state index contributed by atoms with van der Waals surface area (Å²) in [5.74, 6) is 1.14. The summed E-state index contributed by atoms with van der Waals surface area (Å²) < 4.78 is 6.01. The molecule has 1 aromatic heterocycles. The molecule has 1 saturated heterocycles. The average molecular weight is 527 g/mol. The quantitative estimate of drug-likeness (QED) is 0.249. The van der Waals surface area contributed by atoms with Crippen molar-refractivity contribution in [3.63, 3.8) is 0 Å². The van der Waals surface area contributed by atoms with Crippen LogP contribution in [0.15, 0.2) is 88.2 Å². The van der Waals surface area contributed by atoms with Crippen molar-refractivity contribution in [2.24, 2.45) is 0 Å². The van der Waals surface area contributed by atoms with Gasteiger partial charge in [0.15, 0.2) is 0 Å². The van der Waals surface area contributed by atoms with Crippen LogP contribution in [0.3, 0.4) is 0 Å². The molecule has 34 heavy (non-hydrogen) atoms. The van der Waals surface area contributed by atoms with Gasteiger partial charge in [0.05, 0.1) is 15.0 Å². The van der Waals surface area contributed by atoms with Gasteiger partial charge >= 0.3 is 0 Å². The van der Waals surface area contributed by atoms with Gasteiger partial charge < -0.3 is 4.42 Å². The van der Waals surface area contributed by atoms with Crippen LogP contribution in [0.4, 0.5) is 5.69 Å². The van der Waals surface area contributed by atoms with Gasteiger partial charge in [-0.15, -0.1) is 0 Å². The zero-order valence-electron chi connectivity index (χ0n) is 18.0. The molecule has 4 aromatic rings. The maximum atomic E-state index is 13.5. The van der Waals surface area contributed by atoms with Crippen molar-refractivity contribution in [1.82, 2.24) is 0 Å². The zero-order valence-corrected chi connectivity index (χ0v) is 21.1. The molecular weight excluding hydrogens is 509 g/mol. The van der Waals surface area contributed by atoms with E-state index in [1.807, 2.05) is 78.6 Å². The van der Waals surface area contributed by atoms with Crippen LogP contribution in [0, 0.1) is 6.92 Å². The Morgan fingerprint density at radius 2 is 1.62 bits per heavy atom. The molecule has 7 heteroatoms. The first kappa shape index (κ1) is 23.1. The summed E-state index contributed by atoms with van der Waals surface area (Å²) in [6.45, 7) is 2.02. The molecule has 170 valence electrons. The SMILES string of the molecule is Cc1ccc(N2C(=O)/C(=C\c3ccc(-c4ccc(Cl)c(Cl)c4)o3)SC2c2ccc(Cl)cc2)cc1. The first-order chi connectivity index (χ1) is 16.4. The number of nitrogens with zero attached hydrogens (tertiary/aromatic N) is 1. The van der Waals surface area contributed by atoms with Gasteiger partial charge in [0.25, 0.3) is 5.91 Å². The van der Waals surface area contributed by atoms with Crippen LogP contribution < -0.4 is 4.90 Å². The van der Waals surface area contributed by atoms with Gasteiger partial charge in [-0.3, -0.25) is 9.69 Å².